The number of aromatic nitrogens is 1. The number of nitrogens with zero attached hydrogens (tertiary/aromatic N) is 1. The third kappa shape index (κ3) is 3.52. The van der Waals surface area contributed by atoms with E-state index < -0.39 is 17.7 Å². The Morgan fingerprint density at radius 2 is 1.81 bits per heavy atom. The molecule has 0 bridgehead atoms. The van der Waals surface area contributed by atoms with Crippen LogP contribution in [0.25, 0.3) is 11.1 Å². The maximum atomic E-state index is 12.5. The number of hydrogen-bond donors (Lipinski definition) is 0. The molecule has 0 saturated carbocycles. The highest BCUT2D eigenvalue weighted by molar-refractivity contribution is 14.1. The van der Waals surface area contributed by atoms with Crippen LogP contribution in [0.1, 0.15) is 16.1 Å². The highest BCUT2D eigenvalue weighted by atomic mass is 127. The second kappa shape index (κ2) is 6.00. The lowest BCUT2D eigenvalue weighted by Gasteiger charge is -2.08. The Morgan fingerprint density at radius 1 is 1.19 bits per heavy atom. The van der Waals surface area contributed by atoms with Crippen LogP contribution in [0.5, 0.6) is 0 Å². The first kappa shape index (κ1) is 15.7. The lowest BCUT2D eigenvalue weighted by atomic mass is 10.1. The highest BCUT2D eigenvalue weighted by Gasteiger charge is 2.30. The van der Waals surface area contributed by atoms with Gasteiger partial charge in [-0.3, -0.25) is 0 Å². The number of methoxy groups -OCH3 is 1. The molecular formula is C14H9F3INO2. The number of hydrogen-bond acceptors (Lipinski definition) is 3. The van der Waals surface area contributed by atoms with Gasteiger partial charge in [0.1, 0.15) is 0 Å². The predicted octanol–water partition coefficient (Wildman–Crippen LogP) is 4.16. The van der Waals surface area contributed by atoms with Gasteiger partial charge in [-0.05, 0) is 46.4 Å². The van der Waals surface area contributed by atoms with Gasteiger partial charge >= 0.3 is 12.1 Å². The Morgan fingerprint density at radius 3 is 2.29 bits per heavy atom. The Kier molecular flexibility index (Phi) is 4.50. The summed E-state index contributed by atoms with van der Waals surface area (Å²) in [5, 5.41) is 0. The van der Waals surface area contributed by atoms with Crippen LogP contribution < -0.4 is 0 Å². The monoisotopic (exact) mass is 407 g/mol. The third-order valence-electron chi connectivity index (χ3n) is 2.77. The molecule has 0 aliphatic heterocycles. The summed E-state index contributed by atoms with van der Waals surface area (Å²) in [6, 6.07) is 6.43. The average molecular weight is 407 g/mol. The van der Waals surface area contributed by atoms with Crippen LogP contribution in [0.4, 0.5) is 13.2 Å². The van der Waals surface area contributed by atoms with Crippen molar-refractivity contribution in [3.8, 4) is 11.1 Å². The van der Waals surface area contributed by atoms with Gasteiger partial charge in [0.15, 0.2) is 5.69 Å². The average Bonchev–Trinajstić information content (AvgIpc) is 2.45. The number of esters is 1. The van der Waals surface area contributed by atoms with E-state index in [0.717, 1.165) is 12.1 Å². The molecule has 0 aliphatic rings. The first-order chi connectivity index (χ1) is 9.82. The van der Waals surface area contributed by atoms with Crippen molar-refractivity contribution in [1.29, 1.82) is 0 Å². The van der Waals surface area contributed by atoms with Crippen LogP contribution in [0.15, 0.2) is 36.5 Å². The van der Waals surface area contributed by atoms with Crippen molar-refractivity contribution in [2.45, 2.75) is 6.18 Å². The van der Waals surface area contributed by atoms with Gasteiger partial charge in [0.2, 0.25) is 0 Å². The summed E-state index contributed by atoms with van der Waals surface area (Å²) in [5.74, 6) is -0.557. The predicted molar refractivity (Wildman–Crippen MR) is 78.7 cm³/mol. The quantitative estimate of drug-likeness (QED) is 0.555. The Bertz CT molecular complexity index is 669. The van der Waals surface area contributed by atoms with Crippen molar-refractivity contribution in [2.24, 2.45) is 0 Å². The molecule has 0 aliphatic carbocycles. The van der Waals surface area contributed by atoms with E-state index in [0.29, 0.717) is 14.7 Å². The molecule has 0 fully saturated rings. The first-order valence-electron chi connectivity index (χ1n) is 5.74. The van der Waals surface area contributed by atoms with Crippen LogP contribution in [-0.2, 0) is 10.9 Å². The van der Waals surface area contributed by atoms with Crippen LogP contribution in [0, 0.1) is 3.57 Å². The minimum atomic E-state index is -4.36. The van der Waals surface area contributed by atoms with Gasteiger partial charge in [0.25, 0.3) is 0 Å². The molecule has 7 heteroatoms. The van der Waals surface area contributed by atoms with Gasteiger partial charge in [0.05, 0.1) is 12.7 Å². The summed E-state index contributed by atoms with van der Waals surface area (Å²) in [6.45, 7) is 0. The van der Waals surface area contributed by atoms with Crippen molar-refractivity contribution in [1.82, 2.24) is 4.98 Å². The molecule has 1 aromatic carbocycles. The molecule has 0 unspecified atom stereocenters. The zero-order valence-electron chi connectivity index (χ0n) is 10.7. The fraction of sp³-hybridized carbons (Fsp3) is 0.143. The molecule has 2 aromatic rings. The fourth-order valence-electron chi connectivity index (χ4n) is 1.69. The number of benzene rings is 1. The van der Waals surface area contributed by atoms with Crippen LogP contribution >= 0.6 is 22.6 Å². The molecule has 0 spiro atoms. The van der Waals surface area contributed by atoms with Crippen molar-refractivity contribution < 1.29 is 22.7 Å². The minimum absolute atomic E-state index is 0.175. The molecule has 0 atom stereocenters. The largest absolute Gasteiger partial charge is 0.464 e. The lowest BCUT2D eigenvalue weighted by molar-refractivity contribution is -0.137. The summed E-state index contributed by atoms with van der Waals surface area (Å²) < 4.78 is 42.7. The number of halogens is 4. The molecule has 0 radical (unpaired) electrons. The Balaban J connectivity index is 2.35. The van der Waals surface area contributed by atoms with Crippen LogP contribution in [-0.4, -0.2) is 18.1 Å². The Labute approximate surface area is 132 Å². The van der Waals surface area contributed by atoms with Gasteiger partial charge < -0.3 is 4.74 Å². The molecule has 110 valence electrons. The molecule has 0 saturated heterocycles. The van der Waals surface area contributed by atoms with Gasteiger partial charge in [-0.2, -0.15) is 13.2 Å². The fourth-order valence-corrected chi connectivity index (χ4v) is 2.39. The molecule has 0 amide bonds. The zero-order chi connectivity index (χ0) is 15.6. The summed E-state index contributed by atoms with van der Waals surface area (Å²) in [6.07, 6.45) is -2.93. The Hall–Kier alpha value is -1.64. The first-order valence-corrected chi connectivity index (χ1v) is 6.82. The molecule has 1 heterocycles. The van der Waals surface area contributed by atoms with E-state index in [1.54, 1.807) is 6.07 Å². The van der Waals surface area contributed by atoms with E-state index in [2.05, 4.69) is 9.72 Å². The molecule has 21 heavy (non-hydrogen) atoms. The number of rotatable bonds is 2. The van der Waals surface area contributed by atoms with E-state index in [9.17, 15) is 18.0 Å². The minimum Gasteiger partial charge on any atom is -0.464 e. The maximum absolute atomic E-state index is 12.5. The zero-order valence-corrected chi connectivity index (χ0v) is 12.9. The maximum Gasteiger partial charge on any atom is 0.416 e. The third-order valence-corrected chi connectivity index (χ3v) is 3.59. The van der Waals surface area contributed by atoms with Gasteiger partial charge in [-0.25, -0.2) is 9.78 Å². The second-order valence-corrected chi connectivity index (χ2v) is 5.28. The standard InChI is InChI=1S/C14H9F3INO2/c1-21-13(20)12-11(18)6-9(7-19-12)8-2-4-10(5-3-8)14(15,16)17/h2-7H,1H3. The van der Waals surface area contributed by atoms with Crippen LogP contribution in [0.2, 0.25) is 0 Å². The SMILES string of the molecule is COC(=O)c1ncc(-c2ccc(C(F)(F)F)cc2)cc1I. The number of ether oxygens (including phenoxy) is 1. The van der Waals surface area contributed by atoms with Crippen molar-refractivity contribution in [3.05, 3.63) is 51.4 Å². The smallest absolute Gasteiger partial charge is 0.416 e. The van der Waals surface area contributed by atoms with E-state index in [1.807, 2.05) is 22.6 Å². The highest BCUT2D eigenvalue weighted by Crippen LogP contribution is 2.31. The van der Waals surface area contributed by atoms with E-state index in [1.165, 1.54) is 25.4 Å². The normalized spacial score (nSPS) is 11.3. The number of carbonyl (C=O) groups is 1. The van der Waals surface area contributed by atoms with Gasteiger partial charge in [-0.15, -0.1) is 0 Å². The molecule has 1 aromatic heterocycles. The van der Waals surface area contributed by atoms with Crippen molar-refractivity contribution in [2.75, 3.05) is 7.11 Å². The second-order valence-electron chi connectivity index (χ2n) is 4.12. The number of pyridine rings is 1. The van der Waals surface area contributed by atoms with E-state index >= 15 is 0 Å². The molecule has 3 nitrogen and oxygen atoms in total. The molecule has 0 N–H and O–H groups in total. The topological polar surface area (TPSA) is 39.2 Å². The van der Waals surface area contributed by atoms with Crippen molar-refractivity contribution >= 4 is 28.6 Å². The summed E-state index contributed by atoms with van der Waals surface area (Å²) >= 11 is 1.93. The summed E-state index contributed by atoms with van der Waals surface area (Å²) in [4.78, 5) is 15.4. The van der Waals surface area contributed by atoms with E-state index in [-0.39, 0.29) is 5.69 Å². The van der Waals surface area contributed by atoms with Gasteiger partial charge in [-0.1, -0.05) is 12.1 Å². The molecular weight excluding hydrogens is 398 g/mol. The molecule has 2 rings (SSSR count). The lowest BCUT2D eigenvalue weighted by Crippen LogP contribution is -2.07. The van der Waals surface area contributed by atoms with Gasteiger partial charge in [0, 0.05) is 15.3 Å². The van der Waals surface area contributed by atoms with Crippen molar-refractivity contribution in [3.63, 3.8) is 0 Å². The summed E-state index contributed by atoms with van der Waals surface area (Å²) in [7, 11) is 1.25. The van der Waals surface area contributed by atoms with Crippen LogP contribution in [0.3, 0.4) is 0 Å². The number of alkyl halides is 3. The van der Waals surface area contributed by atoms with E-state index in [4.69, 9.17) is 0 Å². The number of carbonyl (C=O) groups excluding carboxylic acids is 1. The summed E-state index contributed by atoms with van der Waals surface area (Å²) in [5.41, 5.74) is 0.680.